The Hall–Kier alpha value is -3.06. The van der Waals surface area contributed by atoms with Gasteiger partial charge in [0.1, 0.15) is 12.7 Å². The maximum atomic E-state index is 12.9. The largest absolute Gasteiger partial charge is 0.454 e. The third-order valence-electron chi connectivity index (χ3n) is 4.63. The van der Waals surface area contributed by atoms with E-state index in [2.05, 4.69) is 10.1 Å². The van der Waals surface area contributed by atoms with E-state index in [1.807, 2.05) is 31.2 Å². The zero-order valence-electron chi connectivity index (χ0n) is 14.8. The highest BCUT2D eigenvalue weighted by Gasteiger charge is 2.24. The molecule has 2 aromatic carbocycles. The van der Waals surface area contributed by atoms with Gasteiger partial charge in [-0.05, 0) is 36.8 Å². The van der Waals surface area contributed by atoms with Gasteiger partial charge in [-0.25, -0.2) is 9.67 Å². The molecule has 1 aliphatic rings. The molecule has 27 heavy (non-hydrogen) atoms. The van der Waals surface area contributed by atoms with Gasteiger partial charge in [0.2, 0.25) is 6.79 Å². The highest BCUT2D eigenvalue weighted by atomic mass is 35.5. The number of benzene rings is 2. The summed E-state index contributed by atoms with van der Waals surface area (Å²) in [4.78, 5) is 18.5. The summed E-state index contributed by atoms with van der Waals surface area (Å²) in [6, 6.07) is 11.0. The number of rotatable bonds is 4. The van der Waals surface area contributed by atoms with Crippen LogP contribution in [-0.4, -0.2) is 39.4 Å². The smallest absolute Gasteiger partial charge is 0.254 e. The Balaban J connectivity index is 1.54. The Morgan fingerprint density at radius 1 is 1.26 bits per heavy atom. The van der Waals surface area contributed by atoms with Gasteiger partial charge < -0.3 is 14.4 Å². The first kappa shape index (κ1) is 17.4. The van der Waals surface area contributed by atoms with Crippen LogP contribution in [0.25, 0.3) is 5.69 Å². The van der Waals surface area contributed by atoms with E-state index in [0.29, 0.717) is 22.1 Å². The summed E-state index contributed by atoms with van der Waals surface area (Å²) >= 11 is 6.20. The van der Waals surface area contributed by atoms with Crippen molar-refractivity contribution in [1.29, 1.82) is 0 Å². The van der Waals surface area contributed by atoms with E-state index in [0.717, 1.165) is 11.3 Å². The highest BCUT2D eigenvalue weighted by Crippen LogP contribution is 2.40. The van der Waals surface area contributed by atoms with Crippen LogP contribution in [0.3, 0.4) is 0 Å². The van der Waals surface area contributed by atoms with E-state index >= 15 is 0 Å². The number of hydrogen-bond donors (Lipinski definition) is 0. The molecule has 0 saturated carbocycles. The van der Waals surface area contributed by atoms with E-state index in [-0.39, 0.29) is 18.7 Å². The number of hydrogen-bond acceptors (Lipinski definition) is 5. The minimum absolute atomic E-state index is 0.108. The lowest BCUT2D eigenvalue weighted by molar-refractivity contribution is 0.0742. The average Bonchev–Trinajstić information content (AvgIpc) is 3.38. The fraction of sp³-hybridized carbons (Fsp3) is 0.211. The quantitative estimate of drug-likeness (QED) is 0.688. The molecule has 0 unspecified atom stereocenters. The van der Waals surface area contributed by atoms with Gasteiger partial charge in [0, 0.05) is 12.6 Å². The Labute approximate surface area is 161 Å². The van der Waals surface area contributed by atoms with Crippen LogP contribution >= 0.6 is 11.6 Å². The number of ether oxygens (including phenoxy) is 2. The van der Waals surface area contributed by atoms with Crippen molar-refractivity contribution in [3.63, 3.8) is 0 Å². The number of aromatic nitrogens is 3. The van der Waals surface area contributed by atoms with Gasteiger partial charge in [0.25, 0.3) is 5.91 Å². The molecule has 0 bridgehead atoms. The lowest BCUT2D eigenvalue weighted by Crippen LogP contribution is -2.29. The van der Waals surface area contributed by atoms with Crippen LogP contribution in [0.5, 0.6) is 11.5 Å². The summed E-state index contributed by atoms with van der Waals surface area (Å²) in [7, 11) is 1.76. The van der Waals surface area contributed by atoms with E-state index in [9.17, 15) is 4.79 Å². The van der Waals surface area contributed by atoms with Crippen molar-refractivity contribution in [2.75, 3.05) is 13.8 Å². The van der Waals surface area contributed by atoms with Crippen LogP contribution in [0.4, 0.5) is 0 Å². The molecule has 7 nitrogen and oxygen atoms in total. The lowest BCUT2D eigenvalue weighted by atomic mass is 10.1. The van der Waals surface area contributed by atoms with Gasteiger partial charge in [0.15, 0.2) is 11.5 Å². The van der Waals surface area contributed by atoms with Gasteiger partial charge in [0.05, 0.1) is 16.8 Å². The van der Waals surface area contributed by atoms with Crippen LogP contribution in [0.1, 0.15) is 28.9 Å². The Bertz CT molecular complexity index is 973. The molecule has 1 atom stereocenters. The zero-order chi connectivity index (χ0) is 19.0. The molecule has 0 saturated heterocycles. The summed E-state index contributed by atoms with van der Waals surface area (Å²) in [5.74, 6) is 0.819. The summed E-state index contributed by atoms with van der Waals surface area (Å²) in [6.45, 7) is 2.08. The van der Waals surface area contributed by atoms with Crippen LogP contribution in [0.15, 0.2) is 49.1 Å². The van der Waals surface area contributed by atoms with Crippen molar-refractivity contribution in [1.82, 2.24) is 19.7 Å². The van der Waals surface area contributed by atoms with Crippen LogP contribution in [0.2, 0.25) is 5.02 Å². The molecule has 1 aromatic heterocycles. The molecule has 0 aliphatic carbocycles. The maximum absolute atomic E-state index is 12.9. The molecule has 0 fully saturated rings. The molecule has 8 heteroatoms. The molecule has 1 aliphatic heterocycles. The molecule has 2 heterocycles. The second-order valence-corrected chi connectivity index (χ2v) is 6.62. The minimum Gasteiger partial charge on any atom is -0.454 e. The standard InChI is InChI=1S/C19H17ClN4O3/c1-12(13-3-5-15(6-4-13)24-10-21-9-22-24)23(2)19(25)14-7-16(20)18-17(8-14)26-11-27-18/h3-10,12H,11H2,1-2H3/t12-/m0/s1. The fourth-order valence-corrected chi connectivity index (χ4v) is 3.21. The first-order valence-corrected chi connectivity index (χ1v) is 8.73. The maximum Gasteiger partial charge on any atom is 0.254 e. The van der Waals surface area contributed by atoms with Crippen LogP contribution < -0.4 is 9.47 Å². The van der Waals surface area contributed by atoms with Gasteiger partial charge in [-0.3, -0.25) is 4.79 Å². The SMILES string of the molecule is C[C@@H](c1ccc(-n2cncn2)cc1)N(C)C(=O)c1cc(Cl)c2c(c1)OCO2. The molecule has 3 aromatic rings. The van der Waals surface area contributed by atoms with E-state index in [1.54, 1.807) is 35.1 Å². The number of halogens is 1. The first-order chi connectivity index (χ1) is 13.0. The Morgan fingerprint density at radius 3 is 2.74 bits per heavy atom. The predicted octanol–water partition coefficient (Wildman–Crippen LogP) is 3.48. The number of fused-ring (bicyclic) bond motifs is 1. The van der Waals surface area contributed by atoms with Crippen molar-refractivity contribution >= 4 is 17.5 Å². The molecular formula is C19H17ClN4O3. The van der Waals surface area contributed by atoms with Crippen molar-refractivity contribution in [2.24, 2.45) is 0 Å². The molecule has 0 radical (unpaired) electrons. The minimum atomic E-state index is -0.150. The second-order valence-electron chi connectivity index (χ2n) is 6.22. The van der Waals surface area contributed by atoms with Crippen molar-refractivity contribution in [2.45, 2.75) is 13.0 Å². The summed E-state index contributed by atoms with van der Waals surface area (Å²) in [5.41, 5.74) is 2.36. The number of amides is 1. The highest BCUT2D eigenvalue weighted by molar-refractivity contribution is 6.32. The Kier molecular flexibility index (Phi) is 4.45. The van der Waals surface area contributed by atoms with E-state index in [1.165, 1.54) is 6.33 Å². The van der Waals surface area contributed by atoms with Crippen molar-refractivity contribution in [3.05, 3.63) is 65.2 Å². The Morgan fingerprint density at radius 2 is 2.04 bits per heavy atom. The van der Waals surface area contributed by atoms with Crippen molar-refractivity contribution < 1.29 is 14.3 Å². The second kappa shape index (κ2) is 6.92. The normalized spacial score (nSPS) is 13.4. The summed E-state index contributed by atoms with van der Waals surface area (Å²) in [6.07, 6.45) is 3.12. The van der Waals surface area contributed by atoms with Crippen LogP contribution in [-0.2, 0) is 0 Å². The topological polar surface area (TPSA) is 69.5 Å². The number of carbonyl (C=O) groups is 1. The molecule has 138 valence electrons. The first-order valence-electron chi connectivity index (χ1n) is 8.36. The molecule has 0 N–H and O–H groups in total. The third kappa shape index (κ3) is 3.21. The van der Waals surface area contributed by atoms with Gasteiger partial charge in [-0.2, -0.15) is 5.10 Å². The van der Waals surface area contributed by atoms with Crippen LogP contribution in [0, 0.1) is 0 Å². The molecule has 4 rings (SSSR count). The monoisotopic (exact) mass is 384 g/mol. The van der Waals surface area contributed by atoms with Crippen molar-refractivity contribution in [3.8, 4) is 17.2 Å². The van der Waals surface area contributed by atoms with Gasteiger partial charge in [-0.15, -0.1) is 0 Å². The molecule has 1 amide bonds. The fourth-order valence-electron chi connectivity index (χ4n) is 2.94. The molecule has 0 spiro atoms. The summed E-state index contributed by atoms with van der Waals surface area (Å²) < 4.78 is 12.3. The molecular weight excluding hydrogens is 368 g/mol. The average molecular weight is 385 g/mol. The van der Waals surface area contributed by atoms with Gasteiger partial charge in [-0.1, -0.05) is 23.7 Å². The van der Waals surface area contributed by atoms with Gasteiger partial charge >= 0.3 is 0 Å². The summed E-state index contributed by atoms with van der Waals surface area (Å²) in [5, 5.41) is 4.47. The van der Waals surface area contributed by atoms with E-state index < -0.39 is 0 Å². The third-order valence-corrected chi connectivity index (χ3v) is 4.91. The number of nitrogens with zero attached hydrogens (tertiary/aromatic N) is 4. The predicted molar refractivity (Wildman–Crippen MR) is 99.4 cm³/mol. The number of carbonyl (C=O) groups excluding carboxylic acids is 1. The lowest BCUT2D eigenvalue weighted by Gasteiger charge is -2.26. The van der Waals surface area contributed by atoms with E-state index in [4.69, 9.17) is 21.1 Å². The zero-order valence-corrected chi connectivity index (χ0v) is 15.6.